The van der Waals surface area contributed by atoms with Gasteiger partial charge in [-0.15, -0.1) is 0 Å². The van der Waals surface area contributed by atoms with Crippen LogP contribution >= 0.6 is 0 Å². The average Bonchev–Trinajstić information content (AvgIpc) is 2.62. The van der Waals surface area contributed by atoms with Gasteiger partial charge in [-0.1, -0.05) is 38.0 Å². The summed E-state index contributed by atoms with van der Waals surface area (Å²) in [6.07, 6.45) is 8.08. The Bertz CT molecular complexity index is 568. The van der Waals surface area contributed by atoms with Crippen LogP contribution in [0.5, 0.6) is 0 Å². The van der Waals surface area contributed by atoms with E-state index in [4.69, 9.17) is 9.73 Å². The number of hydrogen-bond acceptors (Lipinski definition) is 3. The maximum atomic E-state index is 12.6. The van der Waals surface area contributed by atoms with Crippen LogP contribution in [0.3, 0.4) is 0 Å². The van der Waals surface area contributed by atoms with E-state index in [-0.39, 0.29) is 5.91 Å². The molecule has 1 aliphatic rings. The van der Waals surface area contributed by atoms with Crippen molar-refractivity contribution in [3.05, 3.63) is 34.6 Å². The highest BCUT2D eigenvalue weighted by atomic mass is 16.5. The van der Waals surface area contributed by atoms with Gasteiger partial charge in [0.2, 0.25) is 0 Å². The first-order valence-electron chi connectivity index (χ1n) is 8.89. The van der Waals surface area contributed by atoms with Crippen LogP contribution in [-0.2, 0) is 9.53 Å². The van der Waals surface area contributed by atoms with Gasteiger partial charge < -0.3 is 4.74 Å². The SMILES string of the molecule is CCC/C=C(/N=C(C)N(C)C(=O)/C(C)=C(\C)CC)C1=CCOCC1. The zero-order chi connectivity index (χ0) is 18.1. The van der Waals surface area contributed by atoms with Gasteiger partial charge >= 0.3 is 0 Å². The van der Waals surface area contributed by atoms with Gasteiger partial charge in [0, 0.05) is 12.6 Å². The van der Waals surface area contributed by atoms with Crippen LogP contribution < -0.4 is 0 Å². The van der Waals surface area contributed by atoms with Crippen molar-refractivity contribution in [2.24, 2.45) is 4.99 Å². The summed E-state index contributed by atoms with van der Waals surface area (Å²) in [4.78, 5) is 19.0. The van der Waals surface area contributed by atoms with E-state index in [0.29, 0.717) is 6.61 Å². The van der Waals surface area contributed by atoms with Crippen molar-refractivity contribution in [2.75, 3.05) is 20.3 Å². The molecule has 0 atom stereocenters. The Morgan fingerprint density at radius 3 is 2.58 bits per heavy atom. The molecule has 0 fully saturated rings. The van der Waals surface area contributed by atoms with Gasteiger partial charge in [0.25, 0.3) is 5.91 Å². The summed E-state index contributed by atoms with van der Waals surface area (Å²) in [5.41, 5.74) is 4.12. The van der Waals surface area contributed by atoms with Crippen LogP contribution in [0, 0.1) is 0 Å². The van der Waals surface area contributed by atoms with Crippen molar-refractivity contribution in [1.82, 2.24) is 4.90 Å². The second-order valence-corrected chi connectivity index (χ2v) is 6.21. The normalized spacial score (nSPS) is 17.3. The maximum absolute atomic E-state index is 12.6. The zero-order valence-electron chi connectivity index (χ0n) is 16.1. The molecule has 134 valence electrons. The van der Waals surface area contributed by atoms with E-state index >= 15 is 0 Å². The molecule has 0 saturated heterocycles. The highest BCUT2D eigenvalue weighted by Gasteiger charge is 2.16. The lowest BCUT2D eigenvalue weighted by Crippen LogP contribution is -2.32. The average molecular weight is 332 g/mol. The fraction of sp³-hybridized carbons (Fsp3) is 0.600. The molecule has 0 aliphatic carbocycles. The minimum Gasteiger partial charge on any atom is -0.377 e. The number of rotatable bonds is 6. The Morgan fingerprint density at radius 1 is 1.33 bits per heavy atom. The predicted octanol–water partition coefficient (Wildman–Crippen LogP) is 4.64. The van der Waals surface area contributed by atoms with Crippen LogP contribution in [-0.4, -0.2) is 36.9 Å². The van der Waals surface area contributed by atoms with Crippen molar-refractivity contribution < 1.29 is 9.53 Å². The van der Waals surface area contributed by atoms with E-state index in [9.17, 15) is 4.79 Å². The van der Waals surface area contributed by atoms with Gasteiger partial charge in [0.1, 0.15) is 5.84 Å². The van der Waals surface area contributed by atoms with Crippen molar-refractivity contribution in [3.63, 3.8) is 0 Å². The first kappa shape index (κ1) is 20.4. The first-order chi connectivity index (χ1) is 11.4. The number of ether oxygens (including phenoxy) is 1. The molecule has 1 heterocycles. The van der Waals surface area contributed by atoms with E-state index in [1.807, 2.05) is 20.8 Å². The summed E-state index contributed by atoms with van der Waals surface area (Å²) >= 11 is 0. The van der Waals surface area contributed by atoms with Gasteiger partial charge in [-0.3, -0.25) is 9.69 Å². The lowest BCUT2D eigenvalue weighted by Gasteiger charge is -2.20. The van der Waals surface area contributed by atoms with Gasteiger partial charge in [-0.2, -0.15) is 0 Å². The zero-order valence-corrected chi connectivity index (χ0v) is 16.1. The highest BCUT2D eigenvalue weighted by Crippen LogP contribution is 2.21. The summed E-state index contributed by atoms with van der Waals surface area (Å²) in [5.74, 6) is 0.740. The number of amidine groups is 1. The molecule has 0 aromatic rings. The van der Waals surface area contributed by atoms with Gasteiger partial charge in [0.15, 0.2) is 0 Å². The van der Waals surface area contributed by atoms with Crippen LogP contribution in [0.25, 0.3) is 0 Å². The number of unbranched alkanes of at least 4 members (excludes halogenated alkanes) is 1. The second-order valence-electron chi connectivity index (χ2n) is 6.21. The molecule has 0 aromatic carbocycles. The fourth-order valence-electron chi connectivity index (χ4n) is 2.38. The summed E-state index contributed by atoms with van der Waals surface area (Å²) in [6.45, 7) is 11.4. The Labute approximate surface area is 147 Å². The van der Waals surface area contributed by atoms with Crippen LogP contribution in [0.15, 0.2) is 39.6 Å². The molecular formula is C20H32N2O2. The molecule has 0 bridgehead atoms. The molecule has 0 N–H and O–H groups in total. The number of allylic oxidation sites excluding steroid dienone is 3. The summed E-state index contributed by atoms with van der Waals surface area (Å²) in [5, 5.41) is 0. The third-order valence-electron chi connectivity index (χ3n) is 4.48. The lowest BCUT2D eigenvalue weighted by molar-refractivity contribution is -0.122. The third kappa shape index (κ3) is 5.75. The number of amides is 1. The third-order valence-corrected chi connectivity index (χ3v) is 4.48. The molecule has 1 rings (SSSR count). The molecule has 0 saturated carbocycles. The number of likely N-dealkylation sites (N-methyl/N-ethyl adjacent to an activating group) is 1. The van der Waals surface area contributed by atoms with E-state index in [1.165, 1.54) is 5.57 Å². The Hall–Kier alpha value is -1.68. The first-order valence-corrected chi connectivity index (χ1v) is 8.89. The molecule has 0 unspecified atom stereocenters. The smallest absolute Gasteiger partial charge is 0.254 e. The summed E-state index contributed by atoms with van der Waals surface area (Å²) < 4.78 is 5.39. The van der Waals surface area contributed by atoms with Crippen LogP contribution in [0.2, 0.25) is 0 Å². The van der Waals surface area contributed by atoms with Crippen molar-refractivity contribution in [2.45, 2.75) is 60.3 Å². The number of hydrogen-bond donors (Lipinski definition) is 0. The van der Waals surface area contributed by atoms with Crippen molar-refractivity contribution in [1.29, 1.82) is 0 Å². The predicted molar refractivity (Wildman–Crippen MR) is 101 cm³/mol. The lowest BCUT2D eigenvalue weighted by atomic mass is 10.1. The minimum absolute atomic E-state index is 0.0198. The number of carbonyl (C=O) groups is 1. The summed E-state index contributed by atoms with van der Waals surface area (Å²) in [6, 6.07) is 0. The molecule has 1 aliphatic heterocycles. The van der Waals surface area contributed by atoms with Crippen LogP contribution in [0.4, 0.5) is 0 Å². The Morgan fingerprint density at radius 2 is 2.04 bits per heavy atom. The maximum Gasteiger partial charge on any atom is 0.254 e. The quantitative estimate of drug-likeness (QED) is 0.404. The van der Waals surface area contributed by atoms with Gasteiger partial charge in [0.05, 0.1) is 18.9 Å². The molecule has 1 amide bonds. The molecule has 0 aromatic heterocycles. The Balaban J connectivity index is 3.04. The van der Waals surface area contributed by atoms with Gasteiger partial charge in [-0.25, -0.2) is 4.99 Å². The van der Waals surface area contributed by atoms with E-state index in [1.54, 1.807) is 11.9 Å². The topological polar surface area (TPSA) is 41.9 Å². The van der Waals surface area contributed by atoms with E-state index < -0.39 is 0 Å². The number of carbonyl (C=O) groups excluding carboxylic acids is 1. The molecule has 4 nitrogen and oxygen atoms in total. The molecule has 0 spiro atoms. The largest absolute Gasteiger partial charge is 0.377 e. The van der Waals surface area contributed by atoms with E-state index in [0.717, 1.165) is 55.0 Å². The Kier molecular flexibility index (Phi) is 8.69. The number of nitrogens with zero attached hydrogens (tertiary/aromatic N) is 2. The highest BCUT2D eigenvalue weighted by molar-refractivity contribution is 6.05. The summed E-state index contributed by atoms with van der Waals surface area (Å²) in [7, 11) is 1.80. The monoisotopic (exact) mass is 332 g/mol. The second kappa shape index (κ2) is 10.2. The van der Waals surface area contributed by atoms with Crippen molar-refractivity contribution in [3.8, 4) is 0 Å². The van der Waals surface area contributed by atoms with Gasteiger partial charge in [-0.05, 0) is 45.6 Å². The number of aliphatic imine (C=N–C) groups is 1. The van der Waals surface area contributed by atoms with E-state index in [2.05, 4.69) is 26.0 Å². The molecular weight excluding hydrogens is 300 g/mol. The minimum atomic E-state index is 0.0198. The molecule has 0 radical (unpaired) electrons. The van der Waals surface area contributed by atoms with Crippen molar-refractivity contribution >= 4 is 11.7 Å². The van der Waals surface area contributed by atoms with Crippen LogP contribution in [0.1, 0.15) is 60.3 Å². The standard InChI is InChI=1S/C20H32N2O2/c1-7-9-10-19(18-11-13-24-14-12-18)21-17(5)22(6)20(23)16(4)15(3)8-2/h10-11H,7-9,12-14H2,1-6H3/b16-15+,19-10+,21-17?. The fourth-order valence-corrected chi connectivity index (χ4v) is 2.38. The molecule has 24 heavy (non-hydrogen) atoms. The molecule has 4 heteroatoms.